The van der Waals surface area contributed by atoms with Gasteiger partial charge in [-0.1, -0.05) is 19.6 Å². The number of hydrogen-bond acceptors (Lipinski definition) is 5. The third kappa shape index (κ3) is 5.26. The first-order valence-corrected chi connectivity index (χ1v) is 10.2. The van der Waals surface area contributed by atoms with Crippen LogP contribution in [0, 0.1) is 0 Å². The van der Waals surface area contributed by atoms with Crippen molar-refractivity contribution in [1.29, 1.82) is 0 Å². The molecule has 0 unspecified atom stereocenters. The Balaban J connectivity index is 2.62. The molecule has 0 aromatic carbocycles. The fourth-order valence-electron chi connectivity index (χ4n) is 1.57. The van der Waals surface area contributed by atoms with Crippen molar-refractivity contribution >= 4 is 20.3 Å². The molecule has 0 bridgehead atoms. The largest absolute Gasteiger partial charge is 0.464 e. The summed E-state index contributed by atoms with van der Waals surface area (Å²) in [6.07, 6.45) is 2.52. The Bertz CT molecular complexity index is 465. The molecule has 0 saturated heterocycles. The second-order valence-corrected chi connectivity index (χ2v) is 11.4. The lowest BCUT2D eigenvalue weighted by Gasteiger charge is -2.15. The predicted molar refractivity (Wildman–Crippen MR) is 77.4 cm³/mol. The van der Waals surface area contributed by atoms with Gasteiger partial charge in [-0.05, 0) is 6.04 Å². The lowest BCUT2D eigenvalue weighted by Crippen LogP contribution is -2.22. The van der Waals surface area contributed by atoms with Gasteiger partial charge in [-0.25, -0.2) is 9.48 Å². The highest BCUT2D eigenvalue weighted by atomic mass is 28.3. The molecule has 1 aromatic heterocycles. The van der Waals surface area contributed by atoms with Crippen LogP contribution in [-0.2, 0) is 27.4 Å². The molecule has 1 aromatic rings. The summed E-state index contributed by atoms with van der Waals surface area (Å²) in [5.41, 5.74) is 0.731. The van der Waals surface area contributed by atoms with E-state index in [-0.39, 0.29) is 18.8 Å². The summed E-state index contributed by atoms with van der Waals surface area (Å²) >= 11 is 0. The summed E-state index contributed by atoms with van der Waals surface area (Å²) in [6, 6.07) is 1.07. The standard InChI is InChI=1S/C13H22N2O4Si/c1-18-13(17)12-11(5-6-16)9-15(14-12)10-19-7-8-20(2,3)4/h6,9H,5,7-8,10H2,1-4H3. The van der Waals surface area contributed by atoms with Gasteiger partial charge in [0.05, 0.1) is 7.11 Å². The van der Waals surface area contributed by atoms with Gasteiger partial charge < -0.3 is 14.3 Å². The van der Waals surface area contributed by atoms with Gasteiger partial charge in [0.15, 0.2) is 5.69 Å². The molecule has 20 heavy (non-hydrogen) atoms. The van der Waals surface area contributed by atoms with E-state index < -0.39 is 14.0 Å². The molecule has 6 nitrogen and oxygen atoms in total. The van der Waals surface area contributed by atoms with Crippen molar-refractivity contribution in [1.82, 2.24) is 9.78 Å². The molecule has 0 spiro atoms. The quantitative estimate of drug-likeness (QED) is 0.316. The first kappa shape index (κ1) is 16.6. The lowest BCUT2D eigenvalue weighted by atomic mass is 10.2. The molecule has 0 aliphatic heterocycles. The van der Waals surface area contributed by atoms with Crippen molar-refractivity contribution in [3.63, 3.8) is 0 Å². The summed E-state index contributed by atoms with van der Waals surface area (Å²) < 4.78 is 11.7. The van der Waals surface area contributed by atoms with E-state index in [4.69, 9.17) is 4.74 Å². The lowest BCUT2D eigenvalue weighted by molar-refractivity contribution is -0.107. The van der Waals surface area contributed by atoms with Crippen molar-refractivity contribution in [2.75, 3.05) is 13.7 Å². The molecule has 0 atom stereocenters. The van der Waals surface area contributed by atoms with Crippen LogP contribution in [0.4, 0.5) is 0 Å². The van der Waals surface area contributed by atoms with E-state index in [9.17, 15) is 9.59 Å². The number of nitrogens with zero attached hydrogens (tertiary/aromatic N) is 2. The zero-order valence-corrected chi connectivity index (χ0v) is 13.5. The molecular weight excluding hydrogens is 276 g/mol. The zero-order chi connectivity index (χ0) is 15.2. The molecule has 7 heteroatoms. The predicted octanol–water partition coefficient (Wildman–Crippen LogP) is 1.72. The van der Waals surface area contributed by atoms with Gasteiger partial charge in [-0.2, -0.15) is 5.10 Å². The molecule has 0 amide bonds. The second kappa shape index (κ2) is 7.35. The highest BCUT2D eigenvalue weighted by Crippen LogP contribution is 2.10. The number of methoxy groups -OCH3 is 1. The average molecular weight is 298 g/mol. The van der Waals surface area contributed by atoms with E-state index in [0.29, 0.717) is 12.2 Å². The first-order valence-electron chi connectivity index (χ1n) is 6.53. The molecular formula is C13H22N2O4Si. The molecule has 0 aliphatic carbocycles. The smallest absolute Gasteiger partial charge is 0.358 e. The van der Waals surface area contributed by atoms with Gasteiger partial charge in [0.2, 0.25) is 0 Å². The van der Waals surface area contributed by atoms with Gasteiger partial charge in [0.1, 0.15) is 13.0 Å². The van der Waals surface area contributed by atoms with E-state index in [1.54, 1.807) is 6.20 Å². The van der Waals surface area contributed by atoms with Crippen molar-refractivity contribution in [3.8, 4) is 0 Å². The van der Waals surface area contributed by atoms with Crippen molar-refractivity contribution in [3.05, 3.63) is 17.5 Å². The maximum Gasteiger partial charge on any atom is 0.358 e. The highest BCUT2D eigenvalue weighted by molar-refractivity contribution is 6.76. The number of carbonyl (C=O) groups excluding carboxylic acids is 2. The molecule has 1 rings (SSSR count). The number of hydrogen-bond donors (Lipinski definition) is 0. The van der Waals surface area contributed by atoms with Gasteiger partial charge in [-0.3, -0.25) is 0 Å². The minimum absolute atomic E-state index is 0.138. The molecule has 0 aliphatic rings. The molecule has 0 fully saturated rings. The van der Waals surface area contributed by atoms with Crippen LogP contribution in [0.15, 0.2) is 6.20 Å². The van der Waals surface area contributed by atoms with Crippen LogP contribution < -0.4 is 0 Å². The van der Waals surface area contributed by atoms with Crippen LogP contribution in [0.5, 0.6) is 0 Å². The average Bonchev–Trinajstić information content (AvgIpc) is 2.76. The fourth-order valence-corrected chi connectivity index (χ4v) is 2.33. The van der Waals surface area contributed by atoms with Crippen LogP contribution in [0.2, 0.25) is 25.7 Å². The Hall–Kier alpha value is -1.47. The van der Waals surface area contributed by atoms with Crippen LogP contribution in [0.1, 0.15) is 16.1 Å². The molecule has 0 saturated carbocycles. The van der Waals surface area contributed by atoms with Crippen molar-refractivity contribution in [2.45, 2.75) is 38.8 Å². The first-order chi connectivity index (χ1) is 9.37. The third-order valence-corrected chi connectivity index (χ3v) is 4.44. The number of carbonyl (C=O) groups is 2. The summed E-state index contributed by atoms with van der Waals surface area (Å²) in [7, 11) is 0.176. The number of esters is 1. The Morgan fingerprint density at radius 1 is 1.45 bits per heavy atom. The molecule has 1 heterocycles. The van der Waals surface area contributed by atoms with Crippen LogP contribution in [0.25, 0.3) is 0 Å². The summed E-state index contributed by atoms with van der Waals surface area (Å²) in [5, 5.41) is 4.10. The van der Waals surface area contributed by atoms with E-state index in [2.05, 4.69) is 29.5 Å². The molecule has 0 radical (unpaired) electrons. The number of ether oxygens (including phenoxy) is 2. The Kier molecular flexibility index (Phi) is 6.09. The molecule has 112 valence electrons. The molecule has 0 N–H and O–H groups in total. The fraction of sp³-hybridized carbons (Fsp3) is 0.615. The summed E-state index contributed by atoms with van der Waals surface area (Å²) in [4.78, 5) is 22.1. The van der Waals surface area contributed by atoms with Crippen molar-refractivity contribution < 1.29 is 19.1 Å². The third-order valence-electron chi connectivity index (χ3n) is 2.74. The van der Waals surface area contributed by atoms with E-state index >= 15 is 0 Å². The van der Waals surface area contributed by atoms with Crippen LogP contribution in [0.3, 0.4) is 0 Å². The summed E-state index contributed by atoms with van der Waals surface area (Å²) in [6.45, 7) is 7.78. The Morgan fingerprint density at radius 2 is 2.15 bits per heavy atom. The minimum Gasteiger partial charge on any atom is -0.464 e. The van der Waals surface area contributed by atoms with Crippen molar-refractivity contribution in [2.24, 2.45) is 0 Å². The van der Waals surface area contributed by atoms with Gasteiger partial charge in [0.25, 0.3) is 0 Å². The van der Waals surface area contributed by atoms with E-state index in [0.717, 1.165) is 12.3 Å². The van der Waals surface area contributed by atoms with E-state index in [1.165, 1.54) is 11.8 Å². The van der Waals surface area contributed by atoms with Gasteiger partial charge in [-0.15, -0.1) is 0 Å². The summed E-state index contributed by atoms with van der Waals surface area (Å²) in [5.74, 6) is -0.539. The van der Waals surface area contributed by atoms with Gasteiger partial charge in [0, 0.05) is 32.9 Å². The normalized spacial score (nSPS) is 11.4. The van der Waals surface area contributed by atoms with Crippen LogP contribution >= 0.6 is 0 Å². The van der Waals surface area contributed by atoms with E-state index in [1.807, 2.05) is 0 Å². The van der Waals surface area contributed by atoms with Crippen LogP contribution in [-0.4, -0.2) is 43.8 Å². The monoisotopic (exact) mass is 298 g/mol. The number of aldehydes is 1. The topological polar surface area (TPSA) is 70.4 Å². The number of aromatic nitrogens is 2. The number of rotatable bonds is 8. The highest BCUT2D eigenvalue weighted by Gasteiger charge is 2.17. The minimum atomic E-state index is -1.11. The maximum atomic E-state index is 11.5. The maximum absolute atomic E-state index is 11.5. The zero-order valence-electron chi connectivity index (χ0n) is 12.5. The SMILES string of the molecule is COC(=O)c1nn(COCC[Si](C)(C)C)cc1CC=O. The Labute approximate surface area is 120 Å². The Morgan fingerprint density at radius 3 is 2.70 bits per heavy atom. The second-order valence-electron chi connectivity index (χ2n) is 5.75. The van der Waals surface area contributed by atoms with Gasteiger partial charge >= 0.3 is 5.97 Å².